The van der Waals surface area contributed by atoms with E-state index in [1.54, 1.807) is 19.4 Å². The van der Waals surface area contributed by atoms with E-state index in [9.17, 15) is 0 Å². The van der Waals surface area contributed by atoms with Crippen LogP contribution in [0.25, 0.3) is 0 Å². The van der Waals surface area contributed by atoms with Gasteiger partial charge in [0, 0.05) is 32.9 Å². The summed E-state index contributed by atoms with van der Waals surface area (Å²) >= 11 is 0. The molecule has 0 radical (unpaired) electrons. The van der Waals surface area contributed by atoms with Crippen LogP contribution in [0.5, 0.6) is 0 Å². The highest BCUT2D eigenvalue weighted by Crippen LogP contribution is 2.06. The number of aromatic nitrogens is 2. The van der Waals surface area contributed by atoms with Gasteiger partial charge in [0.2, 0.25) is 5.95 Å². The number of aliphatic hydroxyl groups excluding tert-OH is 1. The van der Waals surface area contributed by atoms with Crippen molar-refractivity contribution in [2.45, 2.75) is 6.54 Å². The van der Waals surface area contributed by atoms with Crippen LogP contribution in [0.1, 0.15) is 5.69 Å². The molecule has 6 nitrogen and oxygen atoms in total. The SMILES string of the molecule is COCCN(CCO)c1nccc(CN)n1. The molecule has 0 amide bonds. The molecule has 3 N–H and O–H groups in total. The van der Waals surface area contributed by atoms with Crippen LogP contribution in [-0.4, -0.2) is 48.5 Å². The zero-order chi connectivity index (χ0) is 11.8. The summed E-state index contributed by atoms with van der Waals surface area (Å²) in [5.74, 6) is 0.578. The highest BCUT2D eigenvalue weighted by Gasteiger charge is 2.08. The molecule has 0 fully saturated rings. The molecule has 0 spiro atoms. The average Bonchev–Trinajstić information content (AvgIpc) is 2.34. The van der Waals surface area contributed by atoms with Crippen LogP contribution in [0.3, 0.4) is 0 Å². The second kappa shape index (κ2) is 7.10. The zero-order valence-corrected chi connectivity index (χ0v) is 9.46. The predicted molar refractivity (Wildman–Crippen MR) is 61.1 cm³/mol. The Morgan fingerprint density at radius 3 is 2.94 bits per heavy atom. The first-order valence-electron chi connectivity index (χ1n) is 5.18. The first kappa shape index (κ1) is 12.8. The van der Waals surface area contributed by atoms with Gasteiger partial charge in [0.15, 0.2) is 0 Å². The number of aliphatic hydroxyl groups is 1. The van der Waals surface area contributed by atoms with E-state index in [-0.39, 0.29) is 6.61 Å². The van der Waals surface area contributed by atoms with Crippen molar-refractivity contribution in [1.29, 1.82) is 0 Å². The fourth-order valence-corrected chi connectivity index (χ4v) is 1.28. The van der Waals surface area contributed by atoms with Gasteiger partial charge >= 0.3 is 0 Å². The lowest BCUT2D eigenvalue weighted by Crippen LogP contribution is -2.32. The quantitative estimate of drug-likeness (QED) is 0.644. The number of ether oxygens (including phenoxy) is 1. The highest BCUT2D eigenvalue weighted by molar-refractivity contribution is 5.30. The molecule has 90 valence electrons. The molecule has 0 saturated carbocycles. The minimum Gasteiger partial charge on any atom is -0.395 e. The Labute approximate surface area is 95.1 Å². The molecule has 0 atom stereocenters. The summed E-state index contributed by atoms with van der Waals surface area (Å²) in [5, 5.41) is 8.96. The van der Waals surface area contributed by atoms with Crippen molar-refractivity contribution < 1.29 is 9.84 Å². The van der Waals surface area contributed by atoms with Gasteiger partial charge in [-0.3, -0.25) is 0 Å². The largest absolute Gasteiger partial charge is 0.395 e. The van der Waals surface area contributed by atoms with Gasteiger partial charge in [-0.05, 0) is 6.07 Å². The number of anilines is 1. The lowest BCUT2D eigenvalue weighted by molar-refractivity contribution is 0.202. The molecule has 0 bridgehead atoms. The van der Waals surface area contributed by atoms with E-state index < -0.39 is 0 Å². The third kappa shape index (κ3) is 3.73. The summed E-state index contributed by atoms with van der Waals surface area (Å²) in [6.45, 7) is 2.13. The molecule has 0 aliphatic rings. The fraction of sp³-hybridized carbons (Fsp3) is 0.600. The molecular formula is C10H18N4O2. The van der Waals surface area contributed by atoms with Crippen LogP contribution in [0, 0.1) is 0 Å². The van der Waals surface area contributed by atoms with Crippen molar-refractivity contribution in [2.75, 3.05) is 38.3 Å². The first-order valence-corrected chi connectivity index (χ1v) is 5.18. The second-order valence-electron chi connectivity index (χ2n) is 3.26. The molecule has 1 rings (SSSR count). The number of rotatable bonds is 7. The minimum atomic E-state index is 0.0555. The van der Waals surface area contributed by atoms with Crippen LogP contribution < -0.4 is 10.6 Å². The summed E-state index contributed by atoms with van der Waals surface area (Å²) in [7, 11) is 1.63. The Hall–Kier alpha value is -1.24. The lowest BCUT2D eigenvalue weighted by Gasteiger charge is -2.21. The molecular weight excluding hydrogens is 208 g/mol. The van der Waals surface area contributed by atoms with E-state index in [2.05, 4.69) is 9.97 Å². The maximum absolute atomic E-state index is 8.96. The standard InChI is InChI=1S/C10H18N4O2/c1-16-7-5-14(4-6-15)10-12-3-2-9(8-11)13-10/h2-3,15H,4-8,11H2,1H3. The van der Waals surface area contributed by atoms with E-state index in [4.69, 9.17) is 15.6 Å². The van der Waals surface area contributed by atoms with Crippen molar-refractivity contribution >= 4 is 5.95 Å². The summed E-state index contributed by atoms with van der Waals surface area (Å²) in [6, 6.07) is 1.77. The van der Waals surface area contributed by atoms with Crippen LogP contribution in [0.4, 0.5) is 5.95 Å². The van der Waals surface area contributed by atoms with E-state index in [1.165, 1.54) is 0 Å². The highest BCUT2D eigenvalue weighted by atomic mass is 16.5. The van der Waals surface area contributed by atoms with Crippen LogP contribution in [-0.2, 0) is 11.3 Å². The van der Waals surface area contributed by atoms with Crippen molar-refractivity contribution in [1.82, 2.24) is 9.97 Å². The Bertz CT molecular complexity index is 309. The molecule has 0 aliphatic heterocycles. The first-order chi connectivity index (χ1) is 7.81. The molecule has 0 aromatic carbocycles. The number of nitrogens with two attached hydrogens (primary N) is 1. The molecule has 0 aliphatic carbocycles. The van der Waals surface area contributed by atoms with Gasteiger partial charge in [-0.15, -0.1) is 0 Å². The number of methoxy groups -OCH3 is 1. The van der Waals surface area contributed by atoms with Gasteiger partial charge < -0.3 is 20.5 Å². The zero-order valence-electron chi connectivity index (χ0n) is 9.46. The minimum absolute atomic E-state index is 0.0555. The Morgan fingerprint density at radius 2 is 2.31 bits per heavy atom. The number of hydrogen-bond donors (Lipinski definition) is 2. The number of hydrogen-bond acceptors (Lipinski definition) is 6. The van der Waals surface area contributed by atoms with Crippen molar-refractivity contribution in [3.8, 4) is 0 Å². The van der Waals surface area contributed by atoms with Gasteiger partial charge in [-0.1, -0.05) is 0 Å². The third-order valence-electron chi connectivity index (χ3n) is 2.13. The van der Waals surface area contributed by atoms with Gasteiger partial charge in [0.25, 0.3) is 0 Å². The van der Waals surface area contributed by atoms with E-state index >= 15 is 0 Å². The lowest BCUT2D eigenvalue weighted by atomic mass is 10.4. The molecule has 0 unspecified atom stereocenters. The summed E-state index contributed by atoms with van der Waals surface area (Å²) < 4.78 is 4.99. The molecule has 1 aromatic heterocycles. The summed E-state index contributed by atoms with van der Waals surface area (Å²) in [6.07, 6.45) is 1.67. The van der Waals surface area contributed by atoms with Crippen LogP contribution in [0.2, 0.25) is 0 Å². The number of nitrogens with zero attached hydrogens (tertiary/aromatic N) is 3. The van der Waals surface area contributed by atoms with Crippen LogP contribution >= 0.6 is 0 Å². The van der Waals surface area contributed by atoms with Gasteiger partial charge in [-0.25, -0.2) is 9.97 Å². The van der Waals surface area contributed by atoms with Crippen molar-refractivity contribution in [3.63, 3.8) is 0 Å². The Balaban J connectivity index is 2.73. The molecule has 0 saturated heterocycles. The fourth-order valence-electron chi connectivity index (χ4n) is 1.28. The van der Waals surface area contributed by atoms with E-state index in [0.29, 0.717) is 32.2 Å². The Morgan fingerprint density at radius 1 is 1.50 bits per heavy atom. The van der Waals surface area contributed by atoms with E-state index in [0.717, 1.165) is 5.69 Å². The molecule has 1 aromatic rings. The Kier molecular flexibility index (Phi) is 5.69. The van der Waals surface area contributed by atoms with Gasteiger partial charge in [-0.2, -0.15) is 0 Å². The molecule has 1 heterocycles. The molecule has 6 heteroatoms. The third-order valence-corrected chi connectivity index (χ3v) is 2.13. The van der Waals surface area contributed by atoms with Crippen molar-refractivity contribution in [2.24, 2.45) is 5.73 Å². The average molecular weight is 226 g/mol. The van der Waals surface area contributed by atoms with Crippen molar-refractivity contribution in [3.05, 3.63) is 18.0 Å². The van der Waals surface area contributed by atoms with Gasteiger partial charge in [0.1, 0.15) is 0 Å². The molecule has 16 heavy (non-hydrogen) atoms. The van der Waals surface area contributed by atoms with Crippen LogP contribution in [0.15, 0.2) is 12.3 Å². The topological polar surface area (TPSA) is 84.5 Å². The maximum atomic E-state index is 8.96. The van der Waals surface area contributed by atoms with Gasteiger partial charge in [0.05, 0.1) is 18.9 Å². The normalized spacial score (nSPS) is 10.4. The predicted octanol–water partition coefficient (Wildman–Crippen LogP) is -0.620. The summed E-state index contributed by atoms with van der Waals surface area (Å²) in [4.78, 5) is 10.3. The second-order valence-corrected chi connectivity index (χ2v) is 3.26. The van der Waals surface area contributed by atoms with E-state index in [1.807, 2.05) is 4.90 Å². The summed E-state index contributed by atoms with van der Waals surface area (Å²) in [5.41, 5.74) is 6.29. The maximum Gasteiger partial charge on any atom is 0.225 e. The smallest absolute Gasteiger partial charge is 0.225 e. The monoisotopic (exact) mass is 226 g/mol.